The minimum Gasteiger partial charge on any atom is -0.465 e. The molecule has 1 heterocycles. The van der Waals surface area contributed by atoms with E-state index in [0.29, 0.717) is 11.1 Å². The van der Waals surface area contributed by atoms with Crippen LogP contribution in [0.25, 0.3) is 11.1 Å². The van der Waals surface area contributed by atoms with E-state index < -0.39 is 5.97 Å². The second-order valence-corrected chi connectivity index (χ2v) is 5.32. The number of carbonyl (C=O) groups excluding carboxylic acids is 1. The van der Waals surface area contributed by atoms with Gasteiger partial charge >= 0.3 is 5.97 Å². The normalized spacial score (nSPS) is 10.4. The van der Waals surface area contributed by atoms with Crippen LogP contribution in [0, 0.1) is 0 Å². The summed E-state index contributed by atoms with van der Waals surface area (Å²) in [6.45, 7) is 0. The van der Waals surface area contributed by atoms with Crippen molar-refractivity contribution in [1.82, 2.24) is 4.98 Å². The van der Waals surface area contributed by atoms with Gasteiger partial charge in [-0.05, 0) is 23.8 Å². The molecule has 0 spiro atoms. The molecule has 0 radical (unpaired) electrons. The summed E-state index contributed by atoms with van der Waals surface area (Å²) in [7, 11) is 1.28. The highest BCUT2D eigenvalue weighted by Crippen LogP contribution is 2.38. The van der Waals surface area contributed by atoms with Crippen LogP contribution in [0.2, 0.25) is 20.2 Å². The lowest BCUT2D eigenvalue weighted by atomic mass is 10.0. The van der Waals surface area contributed by atoms with E-state index in [1.807, 2.05) is 0 Å². The first-order valence-electron chi connectivity index (χ1n) is 5.33. The number of esters is 1. The number of benzene rings is 1. The molecule has 0 atom stereocenters. The molecule has 7 heteroatoms. The van der Waals surface area contributed by atoms with Crippen molar-refractivity contribution in [2.45, 2.75) is 0 Å². The molecule has 0 fully saturated rings. The van der Waals surface area contributed by atoms with Gasteiger partial charge in [0.1, 0.15) is 5.15 Å². The lowest BCUT2D eigenvalue weighted by Gasteiger charge is -2.11. The van der Waals surface area contributed by atoms with E-state index in [0.717, 1.165) is 0 Å². The zero-order valence-electron chi connectivity index (χ0n) is 10.1. The summed E-state index contributed by atoms with van der Waals surface area (Å²) in [6, 6.07) is 4.62. The molecule has 1 aromatic heterocycles. The molecule has 0 bridgehead atoms. The van der Waals surface area contributed by atoms with E-state index in [-0.39, 0.29) is 25.8 Å². The number of carbonyl (C=O) groups is 1. The van der Waals surface area contributed by atoms with Crippen LogP contribution in [0.4, 0.5) is 0 Å². The Hall–Kier alpha value is -1.000. The Balaban J connectivity index is 2.72. The van der Waals surface area contributed by atoms with Crippen molar-refractivity contribution < 1.29 is 9.53 Å². The predicted molar refractivity (Wildman–Crippen MR) is 81.1 cm³/mol. The van der Waals surface area contributed by atoms with E-state index in [1.165, 1.54) is 19.4 Å². The summed E-state index contributed by atoms with van der Waals surface area (Å²) >= 11 is 24.0. The molecule has 20 heavy (non-hydrogen) atoms. The first-order valence-corrected chi connectivity index (χ1v) is 6.84. The molecule has 104 valence electrons. The standard InChI is InChI=1S/C13H7Cl4NO2/c1-20-13(19)7-2-3-18-12(17)10(7)6-4-8(14)11(16)9(15)5-6/h2-5H,1H3. The summed E-state index contributed by atoms with van der Waals surface area (Å²) in [5, 5.41) is 0.883. The monoisotopic (exact) mass is 349 g/mol. The SMILES string of the molecule is COC(=O)c1ccnc(Cl)c1-c1cc(Cl)c(Cl)c(Cl)c1. The fourth-order valence-corrected chi connectivity index (χ4v) is 2.55. The van der Waals surface area contributed by atoms with Crippen LogP contribution in [0.5, 0.6) is 0 Å². The molecule has 0 aliphatic rings. The van der Waals surface area contributed by atoms with Gasteiger partial charge < -0.3 is 4.74 Å². The molecule has 3 nitrogen and oxygen atoms in total. The van der Waals surface area contributed by atoms with Crippen LogP contribution >= 0.6 is 46.4 Å². The molecular formula is C13H7Cl4NO2. The van der Waals surface area contributed by atoms with E-state index in [4.69, 9.17) is 51.1 Å². The summed E-state index contributed by atoms with van der Waals surface area (Å²) in [5.41, 5.74) is 1.19. The molecule has 1 aromatic carbocycles. The third-order valence-corrected chi connectivity index (χ3v) is 4.07. The summed E-state index contributed by atoms with van der Waals surface area (Å²) in [4.78, 5) is 15.7. The van der Waals surface area contributed by atoms with E-state index in [9.17, 15) is 4.79 Å². The van der Waals surface area contributed by atoms with Crippen molar-refractivity contribution >= 4 is 52.4 Å². The highest BCUT2D eigenvalue weighted by atomic mass is 35.5. The fraction of sp³-hybridized carbons (Fsp3) is 0.0769. The Labute approximate surface area is 135 Å². The number of rotatable bonds is 2. The van der Waals surface area contributed by atoms with Crippen LogP contribution in [-0.4, -0.2) is 18.1 Å². The number of aromatic nitrogens is 1. The van der Waals surface area contributed by atoms with Gasteiger partial charge in [-0.15, -0.1) is 0 Å². The molecule has 0 aliphatic heterocycles. The second-order valence-electron chi connectivity index (χ2n) is 3.77. The van der Waals surface area contributed by atoms with Crippen molar-refractivity contribution in [3.8, 4) is 11.1 Å². The quantitative estimate of drug-likeness (QED) is 0.427. The molecule has 0 amide bonds. The molecule has 0 saturated heterocycles. The first kappa shape index (κ1) is 15.4. The second kappa shape index (κ2) is 6.19. The molecule has 0 saturated carbocycles. The van der Waals surface area contributed by atoms with Crippen molar-refractivity contribution in [3.63, 3.8) is 0 Å². The van der Waals surface area contributed by atoms with Gasteiger partial charge in [0.15, 0.2) is 0 Å². The van der Waals surface area contributed by atoms with Crippen LogP contribution in [0.1, 0.15) is 10.4 Å². The Kier molecular flexibility index (Phi) is 4.76. The molecule has 0 unspecified atom stereocenters. The maximum absolute atomic E-state index is 11.8. The van der Waals surface area contributed by atoms with Gasteiger partial charge in [-0.25, -0.2) is 9.78 Å². The number of hydrogen-bond donors (Lipinski definition) is 0. The zero-order valence-corrected chi connectivity index (χ0v) is 13.1. The third-order valence-electron chi connectivity index (χ3n) is 2.58. The topological polar surface area (TPSA) is 39.2 Å². The number of pyridine rings is 1. The predicted octanol–water partition coefficient (Wildman–Crippen LogP) is 5.15. The van der Waals surface area contributed by atoms with Crippen LogP contribution in [0.3, 0.4) is 0 Å². The van der Waals surface area contributed by atoms with Gasteiger partial charge in [0.25, 0.3) is 0 Å². The highest BCUT2D eigenvalue weighted by Gasteiger charge is 2.19. The first-order chi connectivity index (χ1) is 9.45. The zero-order chi connectivity index (χ0) is 14.9. The smallest absolute Gasteiger partial charge is 0.338 e. The number of nitrogens with zero attached hydrogens (tertiary/aromatic N) is 1. The Bertz CT molecular complexity index is 665. The van der Waals surface area contributed by atoms with Crippen molar-refractivity contribution in [2.75, 3.05) is 7.11 Å². The number of methoxy groups -OCH3 is 1. The van der Waals surface area contributed by atoms with Crippen LogP contribution in [-0.2, 0) is 4.74 Å². The van der Waals surface area contributed by atoms with Crippen molar-refractivity contribution in [1.29, 1.82) is 0 Å². The highest BCUT2D eigenvalue weighted by molar-refractivity contribution is 6.48. The summed E-state index contributed by atoms with van der Waals surface area (Å²) < 4.78 is 4.72. The van der Waals surface area contributed by atoms with Crippen LogP contribution < -0.4 is 0 Å². The maximum atomic E-state index is 11.8. The van der Waals surface area contributed by atoms with Gasteiger partial charge in [-0.2, -0.15) is 0 Å². The average molecular weight is 351 g/mol. The van der Waals surface area contributed by atoms with E-state index >= 15 is 0 Å². The lowest BCUT2D eigenvalue weighted by Crippen LogP contribution is -2.04. The largest absolute Gasteiger partial charge is 0.465 e. The minimum atomic E-state index is -0.536. The molecule has 0 aliphatic carbocycles. The van der Waals surface area contributed by atoms with Gasteiger partial charge in [-0.1, -0.05) is 46.4 Å². The van der Waals surface area contributed by atoms with Crippen LogP contribution in [0.15, 0.2) is 24.4 Å². The van der Waals surface area contributed by atoms with Gasteiger partial charge in [0.05, 0.1) is 27.7 Å². The average Bonchev–Trinajstić information content (AvgIpc) is 2.43. The Morgan fingerprint density at radius 1 is 1.15 bits per heavy atom. The summed E-state index contributed by atoms with van der Waals surface area (Å²) in [6.07, 6.45) is 1.41. The molecular weight excluding hydrogens is 344 g/mol. The Morgan fingerprint density at radius 3 is 2.30 bits per heavy atom. The number of ether oxygens (including phenoxy) is 1. The number of hydrogen-bond acceptors (Lipinski definition) is 3. The number of halogens is 4. The van der Waals surface area contributed by atoms with Crippen molar-refractivity contribution in [3.05, 3.63) is 50.2 Å². The maximum Gasteiger partial charge on any atom is 0.338 e. The minimum absolute atomic E-state index is 0.141. The third kappa shape index (κ3) is 2.86. The molecule has 0 N–H and O–H groups in total. The van der Waals surface area contributed by atoms with Crippen molar-refractivity contribution in [2.24, 2.45) is 0 Å². The Morgan fingerprint density at radius 2 is 1.75 bits per heavy atom. The molecule has 2 aromatic rings. The molecule has 2 rings (SSSR count). The van der Waals surface area contributed by atoms with E-state index in [1.54, 1.807) is 12.1 Å². The van der Waals surface area contributed by atoms with E-state index in [2.05, 4.69) is 4.98 Å². The van der Waals surface area contributed by atoms with Gasteiger partial charge in [-0.3, -0.25) is 0 Å². The summed E-state index contributed by atoms with van der Waals surface area (Å²) in [5.74, 6) is -0.536. The van der Waals surface area contributed by atoms with Gasteiger partial charge in [0, 0.05) is 11.8 Å². The fourth-order valence-electron chi connectivity index (χ4n) is 1.69. The van der Waals surface area contributed by atoms with Gasteiger partial charge in [0.2, 0.25) is 0 Å². The lowest BCUT2D eigenvalue weighted by molar-refractivity contribution is 0.0601.